The first-order chi connectivity index (χ1) is 9.99. The van der Waals surface area contributed by atoms with E-state index in [4.69, 9.17) is 9.84 Å². The number of nitrogens with zero attached hydrogens (tertiary/aromatic N) is 1. The molecule has 0 unspecified atom stereocenters. The van der Waals surface area contributed by atoms with E-state index in [1.165, 1.54) is 18.2 Å². The molecule has 0 saturated heterocycles. The topological polar surface area (TPSA) is 89.7 Å². The molecule has 0 aliphatic heterocycles. The summed E-state index contributed by atoms with van der Waals surface area (Å²) in [6.45, 7) is 1.85. The monoisotopic (exact) mass is 287 g/mol. The van der Waals surface area contributed by atoms with Crippen LogP contribution in [0.25, 0.3) is 0 Å². The maximum atomic E-state index is 10.9. The molecule has 0 aliphatic rings. The Morgan fingerprint density at radius 3 is 2.48 bits per heavy atom. The first-order valence-electron chi connectivity index (χ1n) is 6.18. The molecule has 0 heterocycles. The van der Waals surface area contributed by atoms with Gasteiger partial charge < -0.3 is 9.84 Å². The number of ether oxygens (including phenoxy) is 1. The van der Waals surface area contributed by atoms with Crippen molar-refractivity contribution in [3.8, 4) is 5.75 Å². The molecule has 0 aromatic heterocycles. The van der Waals surface area contributed by atoms with Crippen molar-refractivity contribution >= 4 is 11.7 Å². The summed E-state index contributed by atoms with van der Waals surface area (Å²) >= 11 is 0. The van der Waals surface area contributed by atoms with E-state index in [1.54, 1.807) is 31.2 Å². The Balaban J connectivity index is 2.11. The summed E-state index contributed by atoms with van der Waals surface area (Å²) in [5.74, 6) is -0.498. The quantitative estimate of drug-likeness (QED) is 0.673. The van der Waals surface area contributed by atoms with Gasteiger partial charge in [0.05, 0.1) is 10.5 Å². The Kier molecular flexibility index (Phi) is 4.18. The molecule has 6 nitrogen and oxygen atoms in total. The third kappa shape index (κ3) is 3.36. The van der Waals surface area contributed by atoms with Gasteiger partial charge in [0.25, 0.3) is 5.69 Å². The lowest BCUT2D eigenvalue weighted by Crippen LogP contribution is -2.01. The van der Waals surface area contributed by atoms with E-state index in [0.29, 0.717) is 16.9 Å². The number of carboxylic acids is 1. The molecule has 2 aromatic rings. The molecule has 108 valence electrons. The third-order valence-corrected chi connectivity index (χ3v) is 3.11. The number of benzene rings is 2. The van der Waals surface area contributed by atoms with Crippen LogP contribution in [0.3, 0.4) is 0 Å². The van der Waals surface area contributed by atoms with Crippen LogP contribution in [0, 0.1) is 17.0 Å². The predicted molar refractivity (Wildman–Crippen MR) is 75.6 cm³/mol. The molecule has 0 bridgehead atoms. The number of hydrogen-bond acceptors (Lipinski definition) is 4. The van der Waals surface area contributed by atoms with Gasteiger partial charge in [-0.3, -0.25) is 10.1 Å². The Morgan fingerprint density at radius 1 is 1.24 bits per heavy atom. The fraction of sp³-hybridized carbons (Fsp3) is 0.133. The fourth-order valence-corrected chi connectivity index (χ4v) is 1.88. The minimum Gasteiger partial charge on any atom is -0.489 e. The van der Waals surface area contributed by atoms with Crippen molar-refractivity contribution in [2.75, 3.05) is 0 Å². The summed E-state index contributed by atoms with van der Waals surface area (Å²) in [7, 11) is 0. The molecule has 0 amide bonds. The molecular formula is C15H13NO5. The highest BCUT2D eigenvalue weighted by Gasteiger charge is 2.13. The highest BCUT2D eigenvalue weighted by atomic mass is 16.6. The Labute approximate surface area is 120 Å². The average Bonchev–Trinajstić information content (AvgIpc) is 2.46. The highest BCUT2D eigenvalue weighted by Crippen LogP contribution is 2.22. The zero-order chi connectivity index (χ0) is 15.4. The molecule has 0 saturated carbocycles. The normalized spacial score (nSPS) is 10.1. The van der Waals surface area contributed by atoms with Crippen LogP contribution in [0.4, 0.5) is 5.69 Å². The lowest BCUT2D eigenvalue weighted by Gasteiger charge is -2.09. The van der Waals surface area contributed by atoms with Gasteiger partial charge in [0.15, 0.2) is 0 Å². The molecule has 0 radical (unpaired) electrons. The van der Waals surface area contributed by atoms with E-state index in [-0.39, 0.29) is 17.9 Å². The van der Waals surface area contributed by atoms with Crippen LogP contribution in [0.1, 0.15) is 21.5 Å². The SMILES string of the molecule is Cc1c(COc2ccc(C(=O)O)cc2)cccc1[N+](=O)[O-]. The van der Waals surface area contributed by atoms with E-state index in [1.807, 2.05) is 0 Å². The summed E-state index contributed by atoms with van der Waals surface area (Å²) in [5, 5.41) is 19.7. The number of carbonyl (C=O) groups is 1. The van der Waals surface area contributed by atoms with E-state index in [2.05, 4.69) is 0 Å². The summed E-state index contributed by atoms with van der Waals surface area (Å²) in [4.78, 5) is 21.2. The van der Waals surface area contributed by atoms with Crippen molar-refractivity contribution < 1.29 is 19.6 Å². The summed E-state index contributed by atoms with van der Waals surface area (Å²) in [6, 6.07) is 10.8. The Bertz CT molecular complexity index is 679. The standard InChI is InChI=1S/C15H13NO5/c1-10-12(3-2-4-14(10)16(19)20)9-21-13-7-5-11(6-8-13)15(17)18/h2-8H,9H2,1H3,(H,17,18). The third-order valence-electron chi connectivity index (χ3n) is 3.11. The summed E-state index contributed by atoms with van der Waals surface area (Å²) < 4.78 is 5.53. The predicted octanol–water partition coefficient (Wildman–Crippen LogP) is 3.18. The van der Waals surface area contributed by atoms with Crippen LogP contribution in [-0.2, 0) is 6.61 Å². The van der Waals surface area contributed by atoms with Crippen molar-refractivity contribution in [3.63, 3.8) is 0 Å². The van der Waals surface area contributed by atoms with Gasteiger partial charge in [-0.05, 0) is 36.8 Å². The largest absolute Gasteiger partial charge is 0.489 e. The average molecular weight is 287 g/mol. The summed E-state index contributed by atoms with van der Waals surface area (Å²) in [6.07, 6.45) is 0. The molecule has 21 heavy (non-hydrogen) atoms. The second-order valence-electron chi connectivity index (χ2n) is 4.44. The number of aromatic carboxylic acids is 1. The van der Waals surface area contributed by atoms with Gasteiger partial charge in [-0.15, -0.1) is 0 Å². The Hall–Kier alpha value is -2.89. The van der Waals surface area contributed by atoms with Gasteiger partial charge in [-0.25, -0.2) is 4.79 Å². The Morgan fingerprint density at radius 2 is 1.90 bits per heavy atom. The molecule has 0 aliphatic carbocycles. The van der Waals surface area contributed by atoms with Crippen molar-refractivity contribution in [1.29, 1.82) is 0 Å². The van der Waals surface area contributed by atoms with Crippen LogP contribution in [0.15, 0.2) is 42.5 Å². The van der Waals surface area contributed by atoms with E-state index < -0.39 is 10.9 Å². The van der Waals surface area contributed by atoms with Crippen molar-refractivity contribution in [2.24, 2.45) is 0 Å². The van der Waals surface area contributed by atoms with Crippen LogP contribution in [-0.4, -0.2) is 16.0 Å². The lowest BCUT2D eigenvalue weighted by atomic mass is 10.1. The number of hydrogen-bond donors (Lipinski definition) is 1. The first kappa shape index (κ1) is 14.5. The molecule has 1 N–H and O–H groups in total. The number of carboxylic acid groups (broad SMARTS) is 1. The molecule has 6 heteroatoms. The molecule has 2 aromatic carbocycles. The smallest absolute Gasteiger partial charge is 0.335 e. The van der Waals surface area contributed by atoms with Gasteiger partial charge in [-0.1, -0.05) is 12.1 Å². The van der Waals surface area contributed by atoms with Crippen LogP contribution in [0.5, 0.6) is 5.75 Å². The van der Waals surface area contributed by atoms with Gasteiger partial charge in [0.2, 0.25) is 0 Å². The van der Waals surface area contributed by atoms with Gasteiger partial charge in [0.1, 0.15) is 12.4 Å². The fourth-order valence-electron chi connectivity index (χ4n) is 1.88. The zero-order valence-corrected chi connectivity index (χ0v) is 11.3. The van der Waals surface area contributed by atoms with Crippen LogP contribution < -0.4 is 4.74 Å². The molecule has 0 spiro atoms. The maximum absolute atomic E-state index is 10.9. The minimum absolute atomic E-state index is 0.0531. The maximum Gasteiger partial charge on any atom is 0.335 e. The van der Waals surface area contributed by atoms with E-state index >= 15 is 0 Å². The van der Waals surface area contributed by atoms with Gasteiger partial charge >= 0.3 is 5.97 Å². The summed E-state index contributed by atoms with van der Waals surface area (Å²) in [5.41, 5.74) is 1.50. The second kappa shape index (κ2) is 6.04. The van der Waals surface area contributed by atoms with Crippen LogP contribution >= 0.6 is 0 Å². The van der Waals surface area contributed by atoms with E-state index in [9.17, 15) is 14.9 Å². The molecule has 0 atom stereocenters. The van der Waals surface area contributed by atoms with Crippen molar-refractivity contribution in [2.45, 2.75) is 13.5 Å². The van der Waals surface area contributed by atoms with Crippen LogP contribution in [0.2, 0.25) is 0 Å². The number of rotatable bonds is 5. The first-order valence-corrected chi connectivity index (χ1v) is 6.18. The zero-order valence-electron chi connectivity index (χ0n) is 11.3. The van der Waals surface area contributed by atoms with Gasteiger partial charge in [0, 0.05) is 11.6 Å². The van der Waals surface area contributed by atoms with Crippen molar-refractivity contribution in [1.82, 2.24) is 0 Å². The molecule has 2 rings (SSSR count). The van der Waals surface area contributed by atoms with E-state index in [0.717, 1.165) is 0 Å². The number of nitro benzene ring substituents is 1. The highest BCUT2D eigenvalue weighted by molar-refractivity contribution is 5.87. The lowest BCUT2D eigenvalue weighted by molar-refractivity contribution is -0.385. The number of nitro groups is 1. The minimum atomic E-state index is -1.00. The molecule has 0 fully saturated rings. The second-order valence-corrected chi connectivity index (χ2v) is 4.44. The van der Waals surface area contributed by atoms with Crippen molar-refractivity contribution in [3.05, 3.63) is 69.3 Å². The molecular weight excluding hydrogens is 274 g/mol. The van der Waals surface area contributed by atoms with Gasteiger partial charge in [-0.2, -0.15) is 0 Å².